The predicted molar refractivity (Wildman–Crippen MR) is 45.5 cm³/mol. The molecule has 0 atom stereocenters. The molecule has 0 rings (SSSR count). The number of carbonyl (C=O) groups excluding carboxylic acids is 1. The van der Waals surface area contributed by atoms with Crippen molar-refractivity contribution in [2.24, 2.45) is 0 Å². The molecule has 3 heteroatoms. The zero-order chi connectivity index (χ0) is 8.69. The first-order valence-corrected chi connectivity index (χ1v) is 4.13. The van der Waals surface area contributed by atoms with Gasteiger partial charge < -0.3 is 4.74 Å². The van der Waals surface area contributed by atoms with E-state index in [9.17, 15) is 4.79 Å². The summed E-state index contributed by atoms with van der Waals surface area (Å²) in [5, 5.41) is 0.189. The lowest BCUT2D eigenvalue weighted by Gasteiger charge is -1.98. The van der Waals surface area contributed by atoms with E-state index in [1.807, 2.05) is 6.92 Å². The summed E-state index contributed by atoms with van der Waals surface area (Å²) < 4.78 is 4.66. The summed E-state index contributed by atoms with van der Waals surface area (Å²) in [4.78, 5) is 10.8. The summed E-state index contributed by atoms with van der Waals surface area (Å²) >= 11 is 5.58. The van der Waals surface area contributed by atoms with Gasteiger partial charge in [-0.15, -0.1) is 0 Å². The second kappa shape index (κ2) is 6.23. The molecule has 0 saturated heterocycles. The fraction of sp³-hybridized carbons (Fsp3) is 0.625. The topological polar surface area (TPSA) is 26.3 Å². The van der Waals surface area contributed by atoms with Crippen molar-refractivity contribution in [1.82, 2.24) is 0 Å². The lowest BCUT2D eigenvalue weighted by Crippen LogP contribution is -2.03. The van der Waals surface area contributed by atoms with Crippen molar-refractivity contribution in [3.8, 4) is 0 Å². The summed E-state index contributed by atoms with van der Waals surface area (Å²) in [6.45, 7) is 4.14. The summed E-state index contributed by atoms with van der Waals surface area (Å²) in [6, 6.07) is 0. The van der Waals surface area contributed by atoms with Gasteiger partial charge in [0, 0.05) is 0 Å². The van der Waals surface area contributed by atoms with Crippen molar-refractivity contribution in [2.45, 2.75) is 26.7 Å². The molecule has 0 amide bonds. The Morgan fingerprint density at radius 1 is 1.55 bits per heavy atom. The molecule has 0 spiro atoms. The largest absolute Gasteiger partial charge is 0.462 e. The van der Waals surface area contributed by atoms with E-state index in [2.05, 4.69) is 4.74 Å². The maximum atomic E-state index is 10.8. The molecule has 0 N–H and O–H groups in total. The van der Waals surface area contributed by atoms with E-state index in [1.54, 1.807) is 13.0 Å². The van der Waals surface area contributed by atoms with Gasteiger partial charge in [0.25, 0.3) is 0 Å². The Balaban J connectivity index is 3.80. The Labute approximate surface area is 72.2 Å². The molecule has 0 aliphatic rings. The zero-order valence-corrected chi connectivity index (χ0v) is 7.65. The molecule has 2 nitrogen and oxygen atoms in total. The van der Waals surface area contributed by atoms with Crippen LogP contribution in [0.25, 0.3) is 0 Å². The number of unbranched alkanes of at least 4 members (excludes halogenated alkanes) is 1. The molecule has 0 heterocycles. The van der Waals surface area contributed by atoms with Gasteiger partial charge in [-0.25, -0.2) is 4.79 Å². The number of halogens is 1. The van der Waals surface area contributed by atoms with Gasteiger partial charge >= 0.3 is 5.97 Å². The highest BCUT2D eigenvalue weighted by Crippen LogP contribution is 2.06. The van der Waals surface area contributed by atoms with Crippen molar-refractivity contribution in [3.63, 3.8) is 0 Å². The fourth-order valence-corrected chi connectivity index (χ4v) is 0.718. The molecule has 0 aromatic rings. The third kappa shape index (κ3) is 4.85. The highest BCUT2D eigenvalue weighted by Gasteiger charge is 2.04. The van der Waals surface area contributed by atoms with Crippen LogP contribution in [0.15, 0.2) is 11.1 Å². The van der Waals surface area contributed by atoms with Crippen molar-refractivity contribution in [3.05, 3.63) is 11.1 Å². The second-order valence-corrected chi connectivity index (χ2v) is 2.47. The van der Waals surface area contributed by atoms with Crippen LogP contribution in [0.4, 0.5) is 0 Å². The van der Waals surface area contributed by atoms with Gasteiger partial charge in [-0.05, 0) is 13.3 Å². The summed E-state index contributed by atoms with van der Waals surface area (Å²) in [5.41, 5.74) is 0. The highest BCUT2D eigenvalue weighted by molar-refractivity contribution is 6.41. The van der Waals surface area contributed by atoms with Crippen LogP contribution in [-0.2, 0) is 9.53 Å². The molecule has 0 radical (unpaired) electrons. The number of ether oxygens (including phenoxy) is 1. The average molecular weight is 177 g/mol. The molecule has 0 bridgehead atoms. The van der Waals surface area contributed by atoms with Crippen LogP contribution in [0, 0.1) is 0 Å². The molecular weight excluding hydrogens is 164 g/mol. The molecule has 64 valence electrons. The minimum absolute atomic E-state index is 0.189. The predicted octanol–water partition coefficient (Wildman–Crippen LogP) is 2.47. The van der Waals surface area contributed by atoms with E-state index in [0.717, 1.165) is 12.8 Å². The van der Waals surface area contributed by atoms with E-state index in [-0.39, 0.29) is 5.03 Å². The van der Waals surface area contributed by atoms with Crippen LogP contribution >= 0.6 is 11.6 Å². The van der Waals surface area contributed by atoms with Gasteiger partial charge in [0.05, 0.1) is 6.61 Å². The van der Waals surface area contributed by atoms with Crippen LogP contribution in [0.3, 0.4) is 0 Å². The molecule has 0 aromatic carbocycles. The number of hydrogen-bond acceptors (Lipinski definition) is 2. The van der Waals surface area contributed by atoms with E-state index < -0.39 is 5.97 Å². The van der Waals surface area contributed by atoms with E-state index >= 15 is 0 Å². The molecule has 0 aromatic heterocycles. The minimum Gasteiger partial charge on any atom is -0.462 e. The van der Waals surface area contributed by atoms with Crippen molar-refractivity contribution in [1.29, 1.82) is 0 Å². The molecule has 0 fully saturated rings. The van der Waals surface area contributed by atoms with E-state index in [4.69, 9.17) is 11.6 Å². The van der Waals surface area contributed by atoms with E-state index in [1.165, 1.54) is 0 Å². The number of carbonyl (C=O) groups is 1. The second-order valence-electron chi connectivity index (χ2n) is 2.06. The number of rotatable bonds is 4. The third-order valence-electron chi connectivity index (χ3n) is 1.08. The Morgan fingerprint density at radius 2 is 2.18 bits per heavy atom. The van der Waals surface area contributed by atoms with Gasteiger partial charge in [-0.1, -0.05) is 31.0 Å². The minimum atomic E-state index is -0.428. The molecule has 0 aliphatic carbocycles. The van der Waals surface area contributed by atoms with Crippen LogP contribution < -0.4 is 0 Å². The van der Waals surface area contributed by atoms with Crippen LogP contribution in [-0.4, -0.2) is 12.6 Å². The first-order valence-electron chi connectivity index (χ1n) is 3.75. The lowest BCUT2D eigenvalue weighted by atomic mass is 10.3. The standard InChI is InChI=1S/C8H13ClO2/c1-3-5-6-7(9)8(10)11-4-2/h6H,3-5H2,1-2H3. The zero-order valence-electron chi connectivity index (χ0n) is 6.89. The summed E-state index contributed by atoms with van der Waals surface area (Å²) in [5.74, 6) is -0.428. The summed E-state index contributed by atoms with van der Waals surface area (Å²) in [7, 11) is 0. The highest BCUT2D eigenvalue weighted by atomic mass is 35.5. The van der Waals surface area contributed by atoms with Crippen LogP contribution in [0.5, 0.6) is 0 Å². The monoisotopic (exact) mass is 176 g/mol. The Hall–Kier alpha value is -0.500. The molecular formula is C8H13ClO2. The molecule has 11 heavy (non-hydrogen) atoms. The maximum absolute atomic E-state index is 10.8. The van der Waals surface area contributed by atoms with Gasteiger partial charge in [0.1, 0.15) is 5.03 Å². The number of hydrogen-bond donors (Lipinski definition) is 0. The maximum Gasteiger partial charge on any atom is 0.349 e. The quantitative estimate of drug-likeness (QED) is 0.486. The van der Waals surface area contributed by atoms with Crippen molar-refractivity contribution >= 4 is 17.6 Å². The Kier molecular flexibility index (Phi) is 5.94. The van der Waals surface area contributed by atoms with Crippen molar-refractivity contribution < 1.29 is 9.53 Å². The molecule has 0 aliphatic heterocycles. The lowest BCUT2D eigenvalue weighted by molar-refractivity contribution is -0.137. The third-order valence-corrected chi connectivity index (χ3v) is 1.39. The SMILES string of the molecule is CCCC=C(Cl)C(=O)OCC. The fourth-order valence-electron chi connectivity index (χ4n) is 0.554. The Bertz CT molecular complexity index is 152. The van der Waals surface area contributed by atoms with Gasteiger partial charge in [0.2, 0.25) is 0 Å². The normalized spacial score (nSPS) is 11.4. The average Bonchev–Trinajstić information content (AvgIpc) is 2.00. The number of allylic oxidation sites excluding steroid dienone is 1. The smallest absolute Gasteiger partial charge is 0.349 e. The Morgan fingerprint density at radius 3 is 2.64 bits per heavy atom. The van der Waals surface area contributed by atoms with Gasteiger partial charge in [-0.2, -0.15) is 0 Å². The van der Waals surface area contributed by atoms with Crippen LogP contribution in [0.2, 0.25) is 0 Å². The molecule has 0 saturated carbocycles. The van der Waals surface area contributed by atoms with E-state index in [0.29, 0.717) is 6.61 Å². The van der Waals surface area contributed by atoms with Gasteiger partial charge in [-0.3, -0.25) is 0 Å². The number of esters is 1. The van der Waals surface area contributed by atoms with Gasteiger partial charge in [0.15, 0.2) is 0 Å². The first kappa shape index (κ1) is 10.5. The molecule has 0 unspecified atom stereocenters. The van der Waals surface area contributed by atoms with Crippen molar-refractivity contribution in [2.75, 3.05) is 6.61 Å². The first-order chi connectivity index (χ1) is 5.22. The van der Waals surface area contributed by atoms with Crippen LogP contribution in [0.1, 0.15) is 26.7 Å². The summed E-state index contributed by atoms with van der Waals surface area (Å²) in [6.07, 6.45) is 3.48.